The first-order valence-electron chi connectivity index (χ1n) is 6.95. The highest BCUT2D eigenvalue weighted by Crippen LogP contribution is 2.33. The second kappa shape index (κ2) is 6.77. The third kappa shape index (κ3) is 3.58. The fraction of sp³-hybridized carbons (Fsp3) is 0.400. The van der Waals surface area contributed by atoms with Gasteiger partial charge in [0.05, 0.1) is 26.1 Å². The third-order valence-electron chi connectivity index (χ3n) is 3.66. The van der Waals surface area contributed by atoms with Crippen LogP contribution in [0.1, 0.15) is 12.0 Å². The summed E-state index contributed by atoms with van der Waals surface area (Å²) in [6, 6.07) is 3.40. The van der Waals surface area contributed by atoms with E-state index in [1.165, 1.54) is 0 Å². The average Bonchev–Trinajstić information content (AvgIpc) is 3.10. The number of halogens is 3. The first-order valence-corrected chi connectivity index (χ1v) is 8.08. The van der Waals surface area contributed by atoms with Crippen LogP contribution in [0, 0.1) is 0 Å². The minimum absolute atomic E-state index is 0.528. The number of hydrogen-bond acceptors (Lipinski definition) is 3. The Morgan fingerprint density at radius 1 is 1.14 bits per heavy atom. The molecule has 22 heavy (non-hydrogen) atoms. The summed E-state index contributed by atoms with van der Waals surface area (Å²) in [4.78, 5) is 4.05. The lowest BCUT2D eigenvalue weighted by molar-refractivity contribution is -0.171. The number of hydrogen-bond donors (Lipinski definition) is 0. The van der Waals surface area contributed by atoms with Crippen LogP contribution in [0.4, 0.5) is 0 Å². The molecule has 0 saturated carbocycles. The van der Waals surface area contributed by atoms with Gasteiger partial charge in [-0.05, 0) is 24.1 Å². The van der Waals surface area contributed by atoms with Crippen LogP contribution in [0.3, 0.4) is 0 Å². The van der Waals surface area contributed by atoms with Gasteiger partial charge in [0.25, 0.3) is 0 Å². The van der Waals surface area contributed by atoms with Gasteiger partial charge in [0.2, 0.25) is 0 Å². The Morgan fingerprint density at radius 3 is 2.41 bits per heavy atom. The van der Waals surface area contributed by atoms with E-state index in [9.17, 15) is 0 Å². The van der Waals surface area contributed by atoms with E-state index in [1.807, 2.05) is 10.8 Å². The van der Waals surface area contributed by atoms with E-state index in [0.717, 1.165) is 5.56 Å². The Kier molecular flexibility index (Phi) is 4.95. The summed E-state index contributed by atoms with van der Waals surface area (Å²) >= 11 is 18.4. The summed E-state index contributed by atoms with van der Waals surface area (Å²) < 4.78 is 13.7. The predicted molar refractivity (Wildman–Crippen MR) is 86.7 cm³/mol. The van der Waals surface area contributed by atoms with Crippen LogP contribution in [0.15, 0.2) is 30.9 Å². The van der Waals surface area contributed by atoms with Gasteiger partial charge in [-0.25, -0.2) is 4.98 Å². The molecule has 0 spiro atoms. The predicted octanol–water partition coefficient (Wildman–Crippen LogP) is 4.22. The smallest absolute Gasteiger partial charge is 0.186 e. The molecule has 0 N–H and O–H groups in total. The van der Waals surface area contributed by atoms with Crippen molar-refractivity contribution >= 4 is 34.8 Å². The van der Waals surface area contributed by atoms with Gasteiger partial charge in [0.15, 0.2) is 5.79 Å². The molecule has 7 heteroatoms. The summed E-state index contributed by atoms with van der Waals surface area (Å²) in [5.41, 5.74) is 0.858. The lowest BCUT2D eigenvalue weighted by atomic mass is 10.0. The molecule has 1 fully saturated rings. The van der Waals surface area contributed by atoms with Crippen molar-refractivity contribution in [1.29, 1.82) is 0 Å². The van der Waals surface area contributed by atoms with E-state index in [4.69, 9.17) is 44.3 Å². The van der Waals surface area contributed by atoms with Crippen molar-refractivity contribution in [2.45, 2.75) is 25.2 Å². The van der Waals surface area contributed by atoms with Crippen molar-refractivity contribution in [2.75, 3.05) is 13.2 Å². The zero-order valence-corrected chi connectivity index (χ0v) is 14.0. The molecule has 2 aromatic rings. The Labute approximate surface area is 143 Å². The number of nitrogens with zero attached hydrogens (tertiary/aromatic N) is 2. The second-order valence-corrected chi connectivity index (χ2v) is 6.44. The fourth-order valence-electron chi connectivity index (χ4n) is 2.60. The maximum Gasteiger partial charge on any atom is 0.186 e. The van der Waals surface area contributed by atoms with Crippen molar-refractivity contribution in [3.8, 4) is 0 Å². The maximum absolute atomic E-state index is 6.24. The molecule has 0 bridgehead atoms. The molecule has 4 nitrogen and oxygen atoms in total. The number of ether oxygens (including phenoxy) is 2. The summed E-state index contributed by atoms with van der Waals surface area (Å²) in [6.07, 6.45) is 6.65. The van der Waals surface area contributed by atoms with Crippen molar-refractivity contribution in [2.24, 2.45) is 0 Å². The second-order valence-electron chi connectivity index (χ2n) is 5.19. The minimum Gasteiger partial charge on any atom is -0.346 e. The monoisotopic (exact) mass is 360 g/mol. The van der Waals surface area contributed by atoms with Gasteiger partial charge in [-0.1, -0.05) is 34.8 Å². The van der Waals surface area contributed by atoms with Gasteiger partial charge in [-0.15, -0.1) is 0 Å². The lowest BCUT2D eigenvalue weighted by Gasteiger charge is -2.28. The van der Waals surface area contributed by atoms with Crippen molar-refractivity contribution in [3.05, 3.63) is 51.5 Å². The van der Waals surface area contributed by atoms with Crippen LogP contribution >= 0.6 is 34.8 Å². The summed E-state index contributed by atoms with van der Waals surface area (Å²) in [6.45, 7) is 1.74. The van der Waals surface area contributed by atoms with E-state index in [2.05, 4.69) is 4.98 Å². The third-order valence-corrected chi connectivity index (χ3v) is 4.55. The zero-order valence-electron chi connectivity index (χ0n) is 11.8. The molecular formula is C15H15Cl3N2O2. The normalized spacial score (nSPS) is 17.0. The Hall–Kier alpha value is -0.780. The Balaban J connectivity index is 1.75. The molecule has 1 aromatic carbocycles. The Bertz CT molecular complexity index is 617. The highest BCUT2D eigenvalue weighted by Gasteiger charge is 2.37. The molecule has 0 radical (unpaired) electrons. The van der Waals surface area contributed by atoms with Crippen LogP contribution in [-0.4, -0.2) is 28.6 Å². The molecule has 0 unspecified atom stereocenters. The summed E-state index contributed by atoms with van der Waals surface area (Å²) in [5.74, 6) is -0.674. The first-order chi connectivity index (χ1) is 10.6. The van der Waals surface area contributed by atoms with Gasteiger partial charge >= 0.3 is 0 Å². The maximum atomic E-state index is 6.24. The molecule has 0 amide bonds. The van der Waals surface area contributed by atoms with Gasteiger partial charge < -0.3 is 14.0 Å². The van der Waals surface area contributed by atoms with Gasteiger partial charge in [-0.2, -0.15) is 0 Å². The van der Waals surface area contributed by atoms with Crippen LogP contribution < -0.4 is 0 Å². The van der Waals surface area contributed by atoms with E-state index < -0.39 is 5.79 Å². The molecule has 118 valence electrons. The van der Waals surface area contributed by atoms with Crippen LogP contribution in [0.5, 0.6) is 0 Å². The highest BCUT2D eigenvalue weighted by molar-refractivity contribution is 6.39. The fourth-order valence-corrected chi connectivity index (χ4v) is 3.60. The largest absolute Gasteiger partial charge is 0.346 e. The molecule has 1 aromatic heterocycles. The quantitative estimate of drug-likeness (QED) is 0.800. The van der Waals surface area contributed by atoms with Gasteiger partial charge in [0.1, 0.15) is 0 Å². The van der Waals surface area contributed by atoms with Crippen molar-refractivity contribution in [1.82, 2.24) is 9.55 Å². The van der Waals surface area contributed by atoms with Crippen LogP contribution in [0.2, 0.25) is 15.1 Å². The number of imidazole rings is 1. The van der Waals surface area contributed by atoms with E-state index in [0.29, 0.717) is 47.7 Å². The SMILES string of the molecule is Clc1cc(Cl)c(CCC2(Cn3ccnc3)OCCO2)c(Cl)c1. The van der Waals surface area contributed by atoms with Crippen molar-refractivity contribution < 1.29 is 9.47 Å². The molecule has 2 heterocycles. The highest BCUT2D eigenvalue weighted by atomic mass is 35.5. The summed E-state index contributed by atoms with van der Waals surface area (Å²) in [5, 5.41) is 1.65. The van der Waals surface area contributed by atoms with E-state index in [-0.39, 0.29) is 0 Å². The molecule has 1 saturated heterocycles. The molecule has 0 aliphatic carbocycles. The van der Waals surface area contributed by atoms with E-state index in [1.54, 1.807) is 24.7 Å². The van der Waals surface area contributed by atoms with Crippen LogP contribution in [0.25, 0.3) is 0 Å². The number of rotatable bonds is 5. The summed E-state index contributed by atoms with van der Waals surface area (Å²) in [7, 11) is 0. The minimum atomic E-state index is -0.674. The Morgan fingerprint density at radius 2 is 1.82 bits per heavy atom. The molecule has 1 aliphatic heterocycles. The number of aromatic nitrogens is 2. The first kappa shape index (κ1) is 16.1. The van der Waals surface area contributed by atoms with Gasteiger partial charge in [0, 0.05) is 33.9 Å². The average molecular weight is 362 g/mol. The molecule has 3 rings (SSSR count). The topological polar surface area (TPSA) is 36.3 Å². The lowest BCUT2D eigenvalue weighted by Crippen LogP contribution is -2.36. The molecule has 0 atom stereocenters. The zero-order chi connectivity index (χ0) is 15.6. The van der Waals surface area contributed by atoms with E-state index >= 15 is 0 Å². The van der Waals surface area contributed by atoms with Crippen LogP contribution in [-0.2, 0) is 22.4 Å². The molecule has 1 aliphatic rings. The standard InChI is InChI=1S/C15H15Cl3N2O2/c16-11-7-13(17)12(14(18)8-11)1-2-15(21-5-6-22-15)9-20-4-3-19-10-20/h3-4,7-8,10H,1-2,5-6,9H2. The number of benzene rings is 1. The van der Waals surface area contributed by atoms with Crippen molar-refractivity contribution in [3.63, 3.8) is 0 Å². The van der Waals surface area contributed by atoms with Gasteiger partial charge in [-0.3, -0.25) is 0 Å². The molecular weight excluding hydrogens is 347 g/mol.